The normalized spacial score (nSPS) is 18.2. The fourth-order valence-electron chi connectivity index (χ4n) is 2.86. The van der Waals surface area contributed by atoms with E-state index in [4.69, 9.17) is 0 Å². The van der Waals surface area contributed by atoms with Crippen LogP contribution < -0.4 is 5.32 Å². The minimum absolute atomic E-state index is 0.498. The lowest BCUT2D eigenvalue weighted by Crippen LogP contribution is -2.26. The fraction of sp³-hybridized carbons (Fsp3) is 0.500. The number of rotatable bonds is 5. The Hall–Kier alpha value is -1.13. The van der Waals surface area contributed by atoms with E-state index in [9.17, 15) is 0 Å². The summed E-state index contributed by atoms with van der Waals surface area (Å²) >= 11 is 1.86. The molecule has 1 atom stereocenters. The van der Waals surface area contributed by atoms with Gasteiger partial charge in [0.2, 0.25) is 0 Å². The van der Waals surface area contributed by atoms with E-state index in [1.165, 1.54) is 30.6 Å². The van der Waals surface area contributed by atoms with Gasteiger partial charge in [-0.1, -0.05) is 18.9 Å². The molecule has 0 saturated heterocycles. The summed E-state index contributed by atoms with van der Waals surface area (Å²) in [6, 6.07) is 4.90. The summed E-state index contributed by atoms with van der Waals surface area (Å²) in [6.45, 7) is 0.825. The molecule has 1 saturated carbocycles. The topological polar surface area (TPSA) is 40.7 Å². The van der Waals surface area contributed by atoms with Crippen LogP contribution >= 0.6 is 11.3 Å². The number of H-pyrrole nitrogens is 1. The Morgan fingerprint density at radius 2 is 2.33 bits per heavy atom. The molecule has 2 N–H and O–H groups in total. The van der Waals surface area contributed by atoms with Gasteiger partial charge in [0.05, 0.1) is 6.54 Å². The molecule has 0 radical (unpaired) electrons. The van der Waals surface area contributed by atoms with Crippen LogP contribution in [0, 0.1) is 5.92 Å². The lowest BCUT2D eigenvalue weighted by atomic mass is 9.97. The van der Waals surface area contributed by atoms with Crippen LogP contribution in [0.25, 0.3) is 0 Å². The first-order chi connectivity index (χ1) is 8.93. The Labute approximate surface area is 112 Å². The Kier molecular flexibility index (Phi) is 3.76. The summed E-state index contributed by atoms with van der Waals surface area (Å²) in [4.78, 5) is 8.91. The Balaban J connectivity index is 1.69. The Bertz CT molecular complexity index is 443. The average molecular weight is 261 g/mol. The van der Waals surface area contributed by atoms with Crippen molar-refractivity contribution in [2.45, 2.75) is 38.3 Å². The standard InChI is InChI=1S/C14H19N3S/c1-2-5-11(4-1)14(12-6-3-9-18-12)17-10-13-15-7-8-16-13/h3,6-9,11,14,17H,1-2,4-5,10H2,(H,15,16)/t14-/m1/s1. The zero-order valence-electron chi connectivity index (χ0n) is 10.4. The molecule has 2 aromatic heterocycles. The minimum Gasteiger partial charge on any atom is -0.348 e. The molecule has 4 heteroatoms. The van der Waals surface area contributed by atoms with Crippen molar-refractivity contribution < 1.29 is 0 Å². The third kappa shape index (κ3) is 2.65. The molecule has 0 aromatic carbocycles. The second-order valence-corrected chi connectivity index (χ2v) is 5.93. The van der Waals surface area contributed by atoms with Crippen LogP contribution in [-0.4, -0.2) is 9.97 Å². The molecule has 18 heavy (non-hydrogen) atoms. The van der Waals surface area contributed by atoms with Gasteiger partial charge >= 0.3 is 0 Å². The van der Waals surface area contributed by atoms with E-state index in [1.54, 1.807) is 0 Å². The predicted molar refractivity (Wildman–Crippen MR) is 74.4 cm³/mol. The highest BCUT2D eigenvalue weighted by Crippen LogP contribution is 2.37. The Morgan fingerprint density at radius 1 is 1.44 bits per heavy atom. The van der Waals surface area contributed by atoms with Crippen LogP contribution in [0.1, 0.15) is 42.4 Å². The lowest BCUT2D eigenvalue weighted by molar-refractivity contribution is 0.368. The zero-order valence-corrected chi connectivity index (χ0v) is 11.2. The first-order valence-electron chi connectivity index (χ1n) is 6.68. The molecule has 3 rings (SSSR count). The molecule has 1 aliphatic rings. The van der Waals surface area contributed by atoms with Crippen molar-refractivity contribution in [2.75, 3.05) is 0 Å². The average Bonchev–Trinajstić information content (AvgIpc) is 3.14. The van der Waals surface area contributed by atoms with E-state index in [1.807, 2.05) is 23.7 Å². The van der Waals surface area contributed by atoms with Crippen molar-refractivity contribution in [3.8, 4) is 0 Å². The maximum Gasteiger partial charge on any atom is 0.120 e. The third-order valence-corrected chi connectivity index (χ3v) is 4.72. The van der Waals surface area contributed by atoms with Crippen molar-refractivity contribution in [3.05, 3.63) is 40.6 Å². The fourth-order valence-corrected chi connectivity index (χ4v) is 3.75. The lowest BCUT2D eigenvalue weighted by Gasteiger charge is -2.23. The number of nitrogens with one attached hydrogen (secondary N) is 2. The highest BCUT2D eigenvalue weighted by atomic mass is 32.1. The molecule has 1 fully saturated rings. The predicted octanol–water partition coefficient (Wildman–Crippen LogP) is 3.49. The first-order valence-corrected chi connectivity index (χ1v) is 7.56. The maximum absolute atomic E-state index is 4.28. The van der Waals surface area contributed by atoms with E-state index in [-0.39, 0.29) is 0 Å². The van der Waals surface area contributed by atoms with Gasteiger partial charge in [0, 0.05) is 23.3 Å². The van der Waals surface area contributed by atoms with Crippen LogP contribution in [0.5, 0.6) is 0 Å². The number of aromatic amines is 1. The number of hydrogen-bond acceptors (Lipinski definition) is 3. The van der Waals surface area contributed by atoms with E-state index < -0.39 is 0 Å². The van der Waals surface area contributed by atoms with Gasteiger partial charge in [-0.15, -0.1) is 11.3 Å². The van der Waals surface area contributed by atoms with Gasteiger partial charge < -0.3 is 10.3 Å². The minimum atomic E-state index is 0.498. The van der Waals surface area contributed by atoms with Gasteiger partial charge in [-0.05, 0) is 30.2 Å². The molecule has 0 spiro atoms. The number of thiophene rings is 1. The summed E-state index contributed by atoms with van der Waals surface area (Å²) in [7, 11) is 0. The molecule has 0 unspecified atom stereocenters. The molecular formula is C14H19N3S. The van der Waals surface area contributed by atoms with Gasteiger partial charge in [-0.25, -0.2) is 4.98 Å². The van der Waals surface area contributed by atoms with Crippen molar-refractivity contribution in [3.63, 3.8) is 0 Å². The van der Waals surface area contributed by atoms with E-state index >= 15 is 0 Å². The van der Waals surface area contributed by atoms with E-state index in [0.29, 0.717) is 6.04 Å². The van der Waals surface area contributed by atoms with Gasteiger partial charge in [0.25, 0.3) is 0 Å². The summed E-state index contributed by atoms with van der Waals surface area (Å²) < 4.78 is 0. The van der Waals surface area contributed by atoms with Crippen LogP contribution in [0.4, 0.5) is 0 Å². The smallest absolute Gasteiger partial charge is 0.120 e. The summed E-state index contributed by atoms with van der Waals surface area (Å²) in [5.41, 5.74) is 0. The van der Waals surface area contributed by atoms with Gasteiger partial charge in [0.1, 0.15) is 5.82 Å². The van der Waals surface area contributed by atoms with Gasteiger partial charge in [0.15, 0.2) is 0 Å². The zero-order chi connectivity index (χ0) is 12.2. The summed E-state index contributed by atoms with van der Waals surface area (Å²) in [6.07, 6.45) is 9.17. The SMILES string of the molecule is c1csc([C@H](NCc2ncc[nH]2)C2CCCC2)c1. The quantitative estimate of drug-likeness (QED) is 0.865. The number of nitrogens with zero attached hydrogens (tertiary/aromatic N) is 1. The first kappa shape index (κ1) is 11.9. The monoisotopic (exact) mass is 261 g/mol. The van der Waals surface area contributed by atoms with Crippen molar-refractivity contribution in [1.82, 2.24) is 15.3 Å². The summed E-state index contributed by atoms with van der Waals surface area (Å²) in [5.74, 6) is 1.81. The summed E-state index contributed by atoms with van der Waals surface area (Å²) in [5, 5.41) is 5.86. The molecule has 1 aliphatic carbocycles. The van der Waals surface area contributed by atoms with Crippen LogP contribution in [0.2, 0.25) is 0 Å². The molecule has 96 valence electrons. The van der Waals surface area contributed by atoms with E-state index in [2.05, 4.69) is 32.8 Å². The molecule has 0 amide bonds. The van der Waals surface area contributed by atoms with Crippen molar-refractivity contribution in [1.29, 1.82) is 0 Å². The van der Waals surface area contributed by atoms with Crippen LogP contribution in [0.15, 0.2) is 29.9 Å². The van der Waals surface area contributed by atoms with Crippen LogP contribution in [-0.2, 0) is 6.54 Å². The van der Waals surface area contributed by atoms with Gasteiger partial charge in [-0.3, -0.25) is 0 Å². The van der Waals surface area contributed by atoms with Gasteiger partial charge in [-0.2, -0.15) is 0 Å². The molecule has 0 bridgehead atoms. The largest absolute Gasteiger partial charge is 0.348 e. The number of imidazole rings is 1. The second kappa shape index (κ2) is 5.67. The molecule has 2 aromatic rings. The molecule has 2 heterocycles. The molecular weight excluding hydrogens is 242 g/mol. The third-order valence-electron chi connectivity index (χ3n) is 3.77. The number of hydrogen-bond donors (Lipinski definition) is 2. The highest BCUT2D eigenvalue weighted by molar-refractivity contribution is 7.10. The highest BCUT2D eigenvalue weighted by Gasteiger charge is 2.26. The van der Waals surface area contributed by atoms with Crippen LogP contribution in [0.3, 0.4) is 0 Å². The van der Waals surface area contributed by atoms with Crippen molar-refractivity contribution >= 4 is 11.3 Å². The number of aromatic nitrogens is 2. The van der Waals surface area contributed by atoms with E-state index in [0.717, 1.165) is 18.3 Å². The molecule has 0 aliphatic heterocycles. The van der Waals surface area contributed by atoms with Crippen molar-refractivity contribution in [2.24, 2.45) is 5.92 Å². The second-order valence-electron chi connectivity index (χ2n) is 4.95. The Morgan fingerprint density at radius 3 is 3.00 bits per heavy atom. The molecule has 3 nitrogen and oxygen atoms in total. The maximum atomic E-state index is 4.28.